The summed E-state index contributed by atoms with van der Waals surface area (Å²) in [6.07, 6.45) is 1.08. The molecule has 0 radical (unpaired) electrons. The van der Waals surface area contributed by atoms with Gasteiger partial charge in [-0.15, -0.1) is 0 Å². The van der Waals surface area contributed by atoms with Gasteiger partial charge in [-0.1, -0.05) is 24.3 Å². The topological polar surface area (TPSA) is 38.5 Å². The Morgan fingerprint density at radius 3 is 2.70 bits per heavy atom. The molecule has 3 nitrogen and oxygen atoms in total. The van der Waals surface area contributed by atoms with Crippen LogP contribution >= 0.6 is 0 Å². The summed E-state index contributed by atoms with van der Waals surface area (Å²) in [4.78, 5) is 2.44. The van der Waals surface area contributed by atoms with E-state index in [9.17, 15) is 0 Å². The molecule has 2 aromatic carbocycles. The lowest BCUT2D eigenvalue weighted by Crippen LogP contribution is -2.30. The lowest BCUT2D eigenvalue weighted by atomic mass is 9.98. The first-order valence-electron chi connectivity index (χ1n) is 6.98. The van der Waals surface area contributed by atoms with E-state index >= 15 is 0 Å². The minimum Gasteiger partial charge on any atom is -0.497 e. The van der Waals surface area contributed by atoms with Gasteiger partial charge >= 0.3 is 0 Å². The van der Waals surface area contributed by atoms with Gasteiger partial charge in [0.15, 0.2) is 0 Å². The Balaban J connectivity index is 1.72. The molecule has 0 aliphatic carbocycles. The summed E-state index contributed by atoms with van der Waals surface area (Å²) in [5.41, 5.74) is 11.0. The fourth-order valence-corrected chi connectivity index (χ4v) is 2.79. The van der Waals surface area contributed by atoms with Crippen LogP contribution in [0.1, 0.15) is 16.7 Å². The van der Waals surface area contributed by atoms with Crippen LogP contribution in [-0.2, 0) is 19.5 Å². The molecule has 2 aromatic rings. The highest BCUT2D eigenvalue weighted by molar-refractivity contribution is 5.51. The van der Waals surface area contributed by atoms with Gasteiger partial charge in [0.25, 0.3) is 0 Å². The summed E-state index contributed by atoms with van der Waals surface area (Å²) in [5, 5.41) is 0. The van der Waals surface area contributed by atoms with Crippen LogP contribution in [0.15, 0.2) is 42.5 Å². The maximum Gasteiger partial charge on any atom is 0.118 e. The summed E-state index contributed by atoms with van der Waals surface area (Å²) >= 11 is 0. The van der Waals surface area contributed by atoms with Crippen LogP contribution in [0.5, 0.6) is 5.75 Å². The van der Waals surface area contributed by atoms with Gasteiger partial charge < -0.3 is 10.5 Å². The van der Waals surface area contributed by atoms with Crippen molar-refractivity contribution in [3.63, 3.8) is 0 Å². The third kappa shape index (κ3) is 2.63. The maximum atomic E-state index is 6.09. The summed E-state index contributed by atoms with van der Waals surface area (Å²) in [6.45, 7) is 2.98. The van der Waals surface area contributed by atoms with Crippen LogP contribution in [0.25, 0.3) is 0 Å². The number of fused-ring (bicyclic) bond motifs is 1. The van der Waals surface area contributed by atoms with Crippen molar-refractivity contribution in [2.75, 3.05) is 19.4 Å². The molecule has 20 heavy (non-hydrogen) atoms. The first kappa shape index (κ1) is 13.0. The van der Waals surface area contributed by atoms with E-state index < -0.39 is 0 Å². The van der Waals surface area contributed by atoms with Gasteiger partial charge in [-0.05, 0) is 41.3 Å². The van der Waals surface area contributed by atoms with Gasteiger partial charge in [-0.3, -0.25) is 4.90 Å². The zero-order valence-corrected chi connectivity index (χ0v) is 11.8. The highest BCUT2D eigenvalue weighted by Gasteiger charge is 2.17. The standard InChI is InChI=1S/C17H20N2O/c1-20-15-7-5-13(6-8-15)11-19-10-9-14-3-2-4-17(18)16(14)12-19/h2-8H,9-12,18H2,1H3. The Bertz CT molecular complexity index is 592. The van der Waals surface area contributed by atoms with Gasteiger partial charge in [0.1, 0.15) is 5.75 Å². The van der Waals surface area contributed by atoms with Crippen LogP contribution < -0.4 is 10.5 Å². The number of rotatable bonds is 3. The lowest BCUT2D eigenvalue weighted by Gasteiger charge is -2.29. The van der Waals surface area contributed by atoms with Crippen molar-refractivity contribution >= 4 is 5.69 Å². The molecule has 3 rings (SSSR count). The van der Waals surface area contributed by atoms with Crippen LogP contribution in [0.3, 0.4) is 0 Å². The lowest BCUT2D eigenvalue weighted by molar-refractivity contribution is 0.246. The van der Waals surface area contributed by atoms with Gasteiger partial charge in [0.2, 0.25) is 0 Å². The van der Waals surface area contributed by atoms with E-state index in [1.807, 2.05) is 24.3 Å². The molecule has 104 valence electrons. The van der Waals surface area contributed by atoms with E-state index in [0.29, 0.717) is 0 Å². The molecule has 1 heterocycles. The number of nitrogen functional groups attached to an aromatic ring is 1. The Kier molecular flexibility index (Phi) is 3.61. The molecular weight excluding hydrogens is 248 g/mol. The van der Waals surface area contributed by atoms with Crippen LogP contribution in [0.2, 0.25) is 0 Å². The summed E-state index contributed by atoms with van der Waals surface area (Å²) in [7, 11) is 1.69. The third-order valence-electron chi connectivity index (χ3n) is 3.95. The molecule has 0 unspecified atom stereocenters. The largest absolute Gasteiger partial charge is 0.497 e. The SMILES string of the molecule is COc1ccc(CN2CCc3cccc(N)c3C2)cc1. The van der Waals surface area contributed by atoms with E-state index in [4.69, 9.17) is 10.5 Å². The second-order valence-electron chi connectivity index (χ2n) is 5.29. The zero-order valence-electron chi connectivity index (χ0n) is 11.8. The normalized spacial score (nSPS) is 14.8. The predicted molar refractivity (Wildman–Crippen MR) is 81.7 cm³/mol. The van der Waals surface area contributed by atoms with E-state index in [-0.39, 0.29) is 0 Å². The van der Waals surface area contributed by atoms with Crippen LogP contribution in [-0.4, -0.2) is 18.6 Å². The average molecular weight is 268 g/mol. The number of hydrogen-bond acceptors (Lipinski definition) is 3. The van der Waals surface area contributed by atoms with Crippen molar-refractivity contribution in [3.05, 3.63) is 59.2 Å². The highest BCUT2D eigenvalue weighted by atomic mass is 16.5. The fourth-order valence-electron chi connectivity index (χ4n) is 2.79. The smallest absolute Gasteiger partial charge is 0.118 e. The van der Waals surface area contributed by atoms with Crippen molar-refractivity contribution in [1.82, 2.24) is 4.90 Å². The van der Waals surface area contributed by atoms with Gasteiger partial charge in [0.05, 0.1) is 7.11 Å². The zero-order chi connectivity index (χ0) is 13.9. The van der Waals surface area contributed by atoms with Gasteiger partial charge in [0, 0.05) is 25.3 Å². The molecule has 0 bridgehead atoms. The predicted octanol–water partition coefficient (Wildman–Crippen LogP) is 2.84. The van der Waals surface area contributed by atoms with Crippen molar-refractivity contribution in [2.24, 2.45) is 0 Å². The molecule has 1 aliphatic rings. The fraction of sp³-hybridized carbons (Fsp3) is 0.294. The second-order valence-corrected chi connectivity index (χ2v) is 5.29. The van der Waals surface area contributed by atoms with E-state index in [1.54, 1.807) is 7.11 Å². The van der Waals surface area contributed by atoms with E-state index in [2.05, 4.69) is 23.1 Å². The van der Waals surface area contributed by atoms with Gasteiger partial charge in [-0.2, -0.15) is 0 Å². The molecule has 0 amide bonds. The van der Waals surface area contributed by atoms with Crippen LogP contribution in [0, 0.1) is 0 Å². The summed E-state index contributed by atoms with van der Waals surface area (Å²) < 4.78 is 5.19. The molecule has 1 aliphatic heterocycles. The first-order chi connectivity index (χ1) is 9.76. The molecule has 0 saturated heterocycles. The van der Waals surface area contributed by atoms with Crippen molar-refractivity contribution in [2.45, 2.75) is 19.5 Å². The Labute approximate surface area is 120 Å². The molecule has 0 fully saturated rings. The number of ether oxygens (including phenoxy) is 1. The molecule has 2 N–H and O–H groups in total. The Hall–Kier alpha value is -2.00. The Morgan fingerprint density at radius 2 is 1.95 bits per heavy atom. The summed E-state index contributed by atoms with van der Waals surface area (Å²) in [6, 6.07) is 14.5. The third-order valence-corrected chi connectivity index (χ3v) is 3.95. The molecular formula is C17H20N2O. The Morgan fingerprint density at radius 1 is 1.15 bits per heavy atom. The second kappa shape index (κ2) is 5.55. The monoisotopic (exact) mass is 268 g/mol. The number of nitrogens with two attached hydrogens (primary N) is 1. The number of benzene rings is 2. The summed E-state index contributed by atoms with van der Waals surface area (Å²) in [5.74, 6) is 0.905. The van der Waals surface area contributed by atoms with E-state index in [1.165, 1.54) is 16.7 Å². The quantitative estimate of drug-likeness (QED) is 0.870. The maximum absolute atomic E-state index is 6.09. The van der Waals surface area contributed by atoms with Crippen molar-refractivity contribution in [3.8, 4) is 5.75 Å². The molecule has 3 heteroatoms. The first-order valence-corrected chi connectivity index (χ1v) is 6.98. The number of anilines is 1. The average Bonchev–Trinajstić information content (AvgIpc) is 2.49. The molecule has 0 saturated carbocycles. The molecule has 0 aromatic heterocycles. The number of methoxy groups -OCH3 is 1. The minimum absolute atomic E-state index is 0.905. The van der Waals surface area contributed by atoms with Crippen LogP contribution in [0.4, 0.5) is 5.69 Å². The number of hydrogen-bond donors (Lipinski definition) is 1. The van der Waals surface area contributed by atoms with Gasteiger partial charge in [-0.25, -0.2) is 0 Å². The highest BCUT2D eigenvalue weighted by Crippen LogP contribution is 2.25. The van der Waals surface area contributed by atoms with Crippen molar-refractivity contribution < 1.29 is 4.74 Å². The van der Waals surface area contributed by atoms with Crippen molar-refractivity contribution in [1.29, 1.82) is 0 Å². The minimum atomic E-state index is 0.905. The van der Waals surface area contributed by atoms with E-state index in [0.717, 1.165) is 37.5 Å². The molecule has 0 atom stereocenters. The number of nitrogens with zero attached hydrogens (tertiary/aromatic N) is 1. The molecule has 0 spiro atoms.